The summed E-state index contributed by atoms with van der Waals surface area (Å²) < 4.78 is 0. The largest absolute Gasteiger partial charge is 0.348 e. The monoisotopic (exact) mass is 281 g/mol. The van der Waals surface area contributed by atoms with Crippen LogP contribution in [0.4, 0.5) is 5.13 Å². The molecule has 0 saturated heterocycles. The van der Waals surface area contributed by atoms with Crippen LogP contribution in [-0.4, -0.2) is 24.1 Å². The first-order valence-corrected chi connectivity index (χ1v) is 8.58. The first-order chi connectivity index (χ1) is 9.33. The molecule has 4 heteroatoms. The quantitative estimate of drug-likeness (QED) is 0.707. The molecule has 2 rings (SSSR count). The van der Waals surface area contributed by atoms with Crippen molar-refractivity contribution in [1.29, 1.82) is 0 Å². The van der Waals surface area contributed by atoms with Gasteiger partial charge in [0, 0.05) is 36.8 Å². The highest BCUT2D eigenvalue weighted by atomic mass is 32.1. The van der Waals surface area contributed by atoms with Crippen LogP contribution in [0.15, 0.2) is 6.20 Å². The molecule has 1 aliphatic rings. The number of nitrogens with zero attached hydrogens (tertiary/aromatic N) is 2. The third kappa shape index (κ3) is 5.11. The fourth-order valence-corrected chi connectivity index (χ4v) is 2.97. The smallest absolute Gasteiger partial charge is 0.185 e. The molecule has 1 heterocycles. The third-order valence-electron chi connectivity index (χ3n) is 3.52. The first kappa shape index (κ1) is 14.8. The van der Waals surface area contributed by atoms with Gasteiger partial charge in [-0.05, 0) is 25.7 Å². The van der Waals surface area contributed by atoms with E-state index in [4.69, 9.17) is 0 Å². The van der Waals surface area contributed by atoms with Crippen LogP contribution in [0, 0.1) is 0 Å². The molecular weight excluding hydrogens is 254 g/mol. The number of hydrogen-bond acceptors (Lipinski definition) is 4. The fraction of sp³-hybridized carbons (Fsp3) is 0.800. The molecule has 0 bridgehead atoms. The molecule has 0 aromatic carbocycles. The summed E-state index contributed by atoms with van der Waals surface area (Å²) >= 11 is 1.86. The SMILES string of the molecule is CCCCN(CCCC)c1ncc(CNC2CC2)s1. The molecule has 1 aliphatic carbocycles. The summed E-state index contributed by atoms with van der Waals surface area (Å²) in [5.41, 5.74) is 0. The minimum absolute atomic E-state index is 0.779. The molecule has 0 atom stereocenters. The van der Waals surface area contributed by atoms with E-state index in [0.717, 1.165) is 25.7 Å². The zero-order valence-corrected chi connectivity index (χ0v) is 13.1. The number of hydrogen-bond donors (Lipinski definition) is 1. The van der Waals surface area contributed by atoms with Gasteiger partial charge in [0.2, 0.25) is 0 Å². The molecule has 1 saturated carbocycles. The molecule has 1 N–H and O–H groups in total. The van der Waals surface area contributed by atoms with E-state index >= 15 is 0 Å². The second-order valence-electron chi connectivity index (χ2n) is 5.46. The highest BCUT2D eigenvalue weighted by molar-refractivity contribution is 7.15. The summed E-state index contributed by atoms with van der Waals surface area (Å²) in [6.45, 7) is 7.81. The van der Waals surface area contributed by atoms with Crippen molar-refractivity contribution in [3.63, 3.8) is 0 Å². The maximum absolute atomic E-state index is 4.63. The Balaban J connectivity index is 1.86. The maximum Gasteiger partial charge on any atom is 0.185 e. The van der Waals surface area contributed by atoms with E-state index in [1.165, 1.54) is 48.5 Å². The molecule has 1 fully saturated rings. The second-order valence-corrected chi connectivity index (χ2v) is 6.55. The zero-order valence-electron chi connectivity index (χ0n) is 12.3. The number of aromatic nitrogens is 1. The van der Waals surface area contributed by atoms with Gasteiger partial charge in [-0.1, -0.05) is 26.7 Å². The Bertz CT molecular complexity index is 352. The Morgan fingerprint density at radius 3 is 2.53 bits per heavy atom. The Kier molecular flexibility index (Phi) is 6.11. The summed E-state index contributed by atoms with van der Waals surface area (Å²) in [7, 11) is 0. The Hall–Kier alpha value is -0.610. The van der Waals surface area contributed by atoms with Crippen molar-refractivity contribution < 1.29 is 0 Å². The van der Waals surface area contributed by atoms with Gasteiger partial charge in [0.25, 0.3) is 0 Å². The van der Waals surface area contributed by atoms with E-state index in [2.05, 4.69) is 35.2 Å². The zero-order chi connectivity index (χ0) is 13.5. The van der Waals surface area contributed by atoms with E-state index < -0.39 is 0 Å². The molecule has 0 unspecified atom stereocenters. The lowest BCUT2D eigenvalue weighted by atomic mass is 10.3. The lowest BCUT2D eigenvalue weighted by Crippen LogP contribution is -2.25. The minimum atomic E-state index is 0.779. The molecule has 19 heavy (non-hydrogen) atoms. The molecule has 108 valence electrons. The first-order valence-electron chi connectivity index (χ1n) is 7.76. The molecule has 0 spiro atoms. The minimum Gasteiger partial charge on any atom is -0.348 e. The van der Waals surface area contributed by atoms with Crippen molar-refractivity contribution in [3.05, 3.63) is 11.1 Å². The number of rotatable bonds is 10. The van der Waals surface area contributed by atoms with Gasteiger partial charge in [-0.2, -0.15) is 0 Å². The van der Waals surface area contributed by atoms with Crippen LogP contribution in [0.2, 0.25) is 0 Å². The van der Waals surface area contributed by atoms with Gasteiger partial charge in [0.1, 0.15) is 0 Å². The third-order valence-corrected chi connectivity index (χ3v) is 4.58. The van der Waals surface area contributed by atoms with Crippen LogP contribution in [0.25, 0.3) is 0 Å². The Morgan fingerprint density at radius 1 is 1.26 bits per heavy atom. The molecule has 0 radical (unpaired) electrons. The normalized spacial score (nSPS) is 14.8. The van der Waals surface area contributed by atoms with E-state index in [-0.39, 0.29) is 0 Å². The van der Waals surface area contributed by atoms with Crippen LogP contribution >= 0.6 is 11.3 Å². The van der Waals surface area contributed by atoms with E-state index in [9.17, 15) is 0 Å². The van der Waals surface area contributed by atoms with Gasteiger partial charge in [-0.25, -0.2) is 4.98 Å². The lowest BCUT2D eigenvalue weighted by Gasteiger charge is -2.21. The van der Waals surface area contributed by atoms with Gasteiger partial charge in [-0.3, -0.25) is 0 Å². The second kappa shape index (κ2) is 7.85. The van der Waals surface area contributed by atoms with Gasteiger partial charge in [0.05, 0.1) is 0 Å². The highest BCUT2D eigenvalue weighted by Crippen LogP contribution is 2.25. The number of thiazole rings is 1. The topological polar surface area (TPSA) is 28.2 Å². The molecule has 0 aliphatic heterocycles. The molecule has 3 nitrogen and oxygen atoms in total. The predicted octanol–water partition coefficient (Wildman–Crippen LogP) is 3.80. The molecule has 1 aromatic heterocycles. The van der Waals surface area contributed by atoms with E-state index in [1.54, 1.807) is 0 Å². The van der Waals surface area contributed by atoms with E-state index in [1.807, 2.05) is 11.3 Å². The maximum atomic E-state index is 4.63. The van der Waals surface area contributed by atoms with Crippen LogP contribution < -0.4 is 10.2 Å². The lowest BCUT2D eigenvalue weighted by molar-refractivity contribution is 0.676. The average Bonchev–Trinajstić information content (AvgIpc) is 3.14. The van der Waals surface area contributed by atoms with Crippen molar-refractivity contribution in [2.75, 3.05) is 18.0 Å². The standard InChI is InChI=1S/C15H27N3S/c1-3-5-9-18(10-6-4-2)15-17-12-14(19-15)11-16-13-7-8-13/h12-13,16H,3-11H2,1-2H3. The number of nitrogens with one attached hydrogen (secondary N) is 1. The van der Waals surface area contributed by atoms with Crippen LogP contribution in [0.1, 0.15) is 57.2 Å². The number of unbranched alkanes of at least 4 members (excludes halogenated alkanes) is 2. The van der Waals surface area contributed by atoms with Crippen LogP contribution in [-0.2, 0) is 6.54 Å². The summed E-state index contributed by atoms with van der Waals surface area (Å²) in [6.07, 6.45) is 9.79. The summed E-state index contributed by atoms with van der Waals surface area (Å²) in [6, 6.07) is 0.779. The summed E-state index contributed by atoms with van der Waals surface area (Å²) in [4.78, 5) is 8.47. The van der Waals surface area contributed by atoms with Crippen molar-refractivity contribution in [3.8, 4) is 0 Å². The van der Waals surface area contributed by atoms with Gasteiger partial charge >= 0.3 is 0 Å². The van der Waals surface area contributed by atoms with Crippen molar-refractivity contribution in [1.82, 2.24) is 10.3 Å². The molecule has 1 aromatic rings. The predicted molar refractivity (Wildman–Crippen MR) is 84.0 cm³/mol. The Labute approximate surface area is 121 Å². The van der Waals surface area contributed by atoms with Crippen LogP contribution in [0.5, 0.6) is 0 Å². The molecule has 0 amide bonds. The van der Waals surface area contributed by atoms with Crippen molar-refractivity contribution in [2.45, 2.75) is 65.0 Å². The fourth-order valence-electron chi connectivity index (χ4n) is 2.06. The van der Waals surface area contributed by atoms with Gasteiger partial charge < -0.3 is 10.2 Å². The average molecular weight is 281 g/mol. The van der Waals surface area contributed by atoms with Gasteiger partial charge in [0.15, 0.2) is 5.13 Å². The van der Waals surface area contributed by atoms with Gasteiger partial charge in [-0.15, -0.1) is 11.3 Å². The van der Waals surface area contributed by atoms with Crippen molar-refractivity contribution in [2.24, 2.45) is 0 Å². The Morgan fingerprint density at radius 2 is 1.95 bits per heavy atom. The number of anilines is 1. The van der Waals surface area contributed by atoms with E-state index in [0.29, 0.717) is 0 Å². The van der Waals surface area contributed by atoms with Crippen LogP contribution in [0.3, 0.4) is 0 Å². The molecular formula is C15H27N3S. The summed E-state index contributed by atoms with van der Waals surface area (Å²) in [5.74, 6) is 0. The van der Waals surface area contributed by atoms with Crippen molar-refractivity contribution >= 4 is 16.5 Å². The highest BCUT2D eigenvalue weighted by Gasteiger charge is 2.20. The summed E-state index contributed by atoms with van der Waals surface area (Å²) in [5, 5.41) is 4.78.